The van der Waals surface area contributed by atoms with Gasteiger partial charge in [-0.3, -0.25) is 14.5 Å². The molecule has 0 saturated heterocycles. The molecular weight excluding hydrogens is 325 g/mol. The van der Waals surface area contributed by atoms with Gasteiger partial charge in [-0.15, -0.1) is 10.2 Å². The zero-order valence-electron chi connectivity index (χ0n) is 13.0. The predicted molar refractivity (Wildman–Crippen MR) is 85.2 cm³/mol. The number of amides is 2. The Kier molecular flexibility index (Phi) is 3.61. The fourth-order valence-corrected chi connectivity index (χ4v) is 2.71. The van der Waals surface area contributed by atoms with Crippen LogP contribution in [0.4, 0.5) is 4.39 Å². The molecule has 0 atom stereocenters. The van der Waals surface area contributed by atoms with E-state index in [4.69, 9.17) is 4.42 Å². The Bertz CT molecular complexity index is 931. The second kappa shape index (κ2) is 5.94. The Morgan fingerprint density at radius 3 is 2.20 bits per heavy atom. The van der Waals surface area contributed by atoms with Crippen LogP contribution in [0, 0.1) is 5.82 Å². The minimum atomic E-state index is -0.353. The maximum atomic E-state index is 13.0. The second-order valence-electron chi connectivity index (χ2n) is 5.57. The number of halogens is 1. The number of nitrogens with zero attached hydrogens (tertiary/aromatic N) is 3. The highest BCUT2D eigenvalue weighted by Crippen LogP contribution is 2.23. The number of imide groups is 1. The topological polar surface area (TPSA) is 76.3 Å². The van der Waals surface area contributed by atoms with E-state index >= 15 is 0 Å². The third-order valence-corrected chi connectivity index (χ3v) is 3.99. The first kappa shape index (κ1) is 15.2. The van der Waals surface area contributed by atoms with E-state index in [9.17, 15) is 14.0 Å². The van der Waals surface area contributed by atoms with Gasteiger partial charge in [0.05, 0.1) is 11.1 Å². The number of carbonyl (C=O) groups excluding carboxylic acids is 2. The lowest BCUT2D eigenvalue weighted by Gasteiger charge is -2.11. The Balaban J connectivity index is 1.47. The Hall–Kier alpha value is -3.35. The summed E-state index contributed by atoms with van der Waals surface area (Å²) in [6.45, 7) is 0.150. The van der Waals surface area contributed by atoms with Crippen LogP contribution in [0.2, 0.25) is 0 Å². The smallest absolute Gasteiger partial charge is 0.261 e. The summed E-state index contributed by atoms with van der Waals surface area (Å²) in [7, 11) is 0. The van der Waals surface area contributed by atoms with Crippen molar-refractivity contribution in [1.29, 1.82) is 0 Å². The van der Waals surface area contributed by atoms with Crippen LogP contribution >= 0.6 is 0 Å². The van der Waals surface area contributed by atoms with E-state index in [1.807, 2.05) is 0 Å². The molecule has 2 aromatic carbocycles. The minimum Gasteiger partial charge on any atom is -0.421 e. The molecule has 1 aromatic heterocycles. The largest absolute Gasteiger partial charge is 0.421 e. The first-order valence-corrected chi connectivity index (χ1v) is 7.67. The normalized spacial score (nSPS) is 13.4. The van der Waals surface area contributed by atoms with Crippen molar-refractivity contribution in [2.75, 3.05) is 6.54 Å². The molecule has 3 aromatic rings. The summed E-state index contributed by atoms with van der Waals surface area (Å²) in [6.07, 6.45) is 0.250. The predicted octanol–water partition coefficient (Wildman–Crippen LogP) is 2.71. The summed E-state index contributed by atoms with van der Waals surface area (Å²) in [4.78, 5) is 25.8. The summed E-state index contributed by atoms with van der Waals surface area (Å²) in [5.41, 5.74) is 1.41. The summed E-state index contributed by atoms with van der Waals surface area (Å²) in [5, 5.41) is 7.83. The van der Waals surface area contributed by atoms with E-state index in [1.165, 1.54) is 29.2 Å². The highest BCUT2D eigenvalue weighted by Gasteiger charge is 2.34. The van der Waals surface area contributed by atoms with Gasteiger partial charge < -0.3 is 4.42 Å². The van der Waals surface area contributed by atoms with Gasteiger partial charge in [0.2, 0.25) is 11.8 Å². The third-order valence-electron chi connectivity index (χ3n) is 3.99. The van der Waals surface area contributed by atoms with Crippen molar-refractivity contribution in [2.24, 2.45) is 0 Å². The molecule has 1 aliphatic rings. The number of fused-ring (bicyclic) bond motifs is 1. The number of benzene rings is 2. The first-order valence-electron chi connectivity index (χ1n) is 7.67. The van der Waals surface area contributed by atoms with Crippen molar-refractivity contribution in [1.82, 2.24) is 15.1 Å². The van der Waals surface area contributed by atoms with E-state index in [-0.39, 0.29) is 36.5 Å². The molecule has 0 bridgehead atoms. The molecule has 0 aliphatic carbocycles. The van der Waals surface area contributed by atoms with E-state index in [1.54, 1.807) is 24.3 Å². The number of aromatic nitrogens is 2. The van der Waals surface area contributed by atoms with Crippen molar-refractivity contribution < 1.29 is 18.4 Å². The van der Waals surface area contributed by atoms with Gasteiger partial charge in [0.25, 0.3) is 11.8 Å². The first-order chi connectivity index (χ1) is 12.1. The highest BCUT2D eigenvalue weighted by molar-refractivity contribution is 6.21. The van der Waals surface area contributed by atoms with Crippen LogP contribution in [-0.2, 0) is 6.42 Å². The van der Waals surface area contributed by atoms with Gasteiger partial charge in [-0.25, -0.2) is 4.39 Å². The SMILES string of the molecule is O=C1c2ccccc2C(=O)N1CCc1nnc(-c2ccc(F)cc2)o1. The van der Waals surface area contributed by atoms with Crippen molar-refractivity contribution >= 4 is 11.8 Å². The summed E-state index contributed by atoms with van der Waals surface area (Å²) in [5.74, 6) is -0.430. The van der Waals surface area contributed by atoms with E-state index in [0.29, 0.717) is 22.6 Å². The van der Waals surface area contributed by atoms with Gasteiger partial charge in [-0.2, -0.15) is 0 Å². The summed E-state index contributed by atoms with van der Waals surface area (Å²) >= 11 is 0. The van der Waals surface area contributed by atoms with Crippen LogP contribution in [0.15, 0.2) is 52.9 Å². The van der Waals surface area contributed by atoms with Crippen LogP contribution in [0.5, 0.6) is 0 Å². The van der Waals surface area contributed by atoms with Gasteiger partial charge >= 0.3 is 0 Å². The maximum absolute atomic E-state index is 13.0. The lowest BCUT2D eigenvalue weighted by Crippen LogP contribution is -2.31. The molecule has 1 aliphatic heterocycles. The molecule has 0 radical (unpaired) electrons. The number of carbonyl (C=O) groups is 2. The fraction of sp³-hybridized carbons (Fsp3) is 0.111. The van der Waals surface area contributed by atoms with E-state index in [0.717, 1.165) is 0 Å². The maximum Gasteiger partial charge on any atom is 0.261 e. The molecule has 0 unspecified atom stereocenters. The molecule has 25 heavy (non-hydrogen) atoms. The van der Waals surface area contributed by atoms with Crippen molar-refractivity contribution in [3.05, 3.63) is 71.4 Å². The van der Waals surface area contributed by atoms with Gasteiger partial charge in [0, 0.05) is 18.5 Å². The molecule has 124 valence electrons. The van der Waals surface area contributed by atoms with Gasteiger partial charge in [0.1, 0.15) is 5.82 Å². The molecule has 6 nitrogen and oxygen atoms in total. The summed E-state index contributed by atoms with van der Waals surface area (Å²) < 4.78 is 18.5. The standard InChI is InChI=1S/C18H12FN3O3/c19-12-7-5-11(6-8-12)16-21-20-15(25-16)9-10-22-17(23)13-3-1-2-4-14(13)18(22)24/h1-8H,9-10H2. The zero-order valence-corrected chi connectivity index (χ0v) is 13.0. The molecule has 2 heterocycles. The molecule has 0 spiro atoms. The Morgan fingerprint density at radius 1 is 0.920 bits per heavy atom. The quantitative estimate of drug-likeness (QED) is 0.684. The highest BCUT2D eigenvalue weighted by atomic mass is 19.1. The lowest BCUT2D eigenvalue weighted by molar-refractivity contribution is 0.0654. The molecule has 0 saturated carbocycles. The average molecular weight is 337 g/mol. The Labute approximate surface area is 141 Å². The molecule has 0 N–H and O–H groups in total. The van der Waals surface area contributed by atoms with Gasteiger partial charge in [-0.05, 0) is 36.4 Å². The Morgan fingerprint density at radius 2 is 1.56 bits per heavy atom. The van der Waals surface area contributed by atoms with Crippen LogP contribution in [0.3, 0.4) is 0 Å². The third kappa shape index (κ3) is 2.69. The summed E-state index contributed by atoms with van der Waals surface area (Å²) in [6, 6.07) is 12.4. The van der Waals surface area contributed by atoms with E-state index < -0.39 is 0 Å². The monoisotopic (exact) mass is 337 g/mol. The van der Waals surface area contributed by atoms with Crippen LogP contribution in [0.1, 0.15) is 26.6 Å². The van der Waals surface area contributed by atoms with Gasteiger partial charge in [-0.1, -0.05) is 12.1 Å². The van der Waals surface area contributed by atoms with Crippen LogP contribution < -0.4 is 0 Å². The molecule has 7 heteroatoms. The molecular formula is C18H12FN3O3. The zero-order chi connectivity index (χ0) is 17.4. The van der Waals surface area contributed by atoms with Gasteiger partial charge in [0.15, 0.2) is 0 Å². The van der Waals surface area contributed by atoms with Crippen LogP contribution in [-0.4, -0.2) is 33.5 Å². The second-order valence-corrected chi connectivity index (χ2v) is 5.57. The minimum absolute atomic E-state index is 0.150. The van der Waals surface area contributed by atoms with Crippen molar-refractivity contribution in [3.63, 3.8) is 0 Å². The average Bonchev–Trinajstić information content (AvgIpc) is 3.19. The number of hydrogen-bond donors (Lipinski definition) is 0. The van der Waals surface area contributed by atoms with Crippen molar-refractivity contribution in [3.8, 4) is 11.5 Å². The fourth-order valence-electron chi connectivity index (χ4n) is 2.71. The van der Waals surface area contributed by atoms with E-state index in [2.05, 4.69) is 10.2 Å². The number of rotatable bonds is 4. The number of hydrogen-bond acceptors (Lipinski definition) is 5. The molecule has 4 rings (SSSR count). The molecule has 0 fully saturated rings. The van der Waals surface area contributed by atoms with Crippen molar-refractivity contribution in [2.45, 2.75) is 6.42 Å². The van der Waals surface area contributed by atoms with Crippen LogP contribution in [0.25, 0.3) is 11.5 Å². The molecule has 2 amide bonds. The lowest BCUT2D eigenvalue weighted by atomic mass is 10.1.